The molecule has 0 atom stereocenters. The molecular formula is C34H48N2O6. The molecule has 0 aliphatic rings. The highest BCUT2D eigenvalue weighted by atomic mass is 16.3. The Morgan fingerprint density at radius 3 is 1.38 bits per heavy atom. The standard InChI is InChI=1S/C34H48N2O6/c1-23(2)13-9-5-7-11-15-29(39)35-21-25-17-19-27(37)33(41)31(25)32-26(18-20-28(38)34(32)42)22-36-30(40)16-12-8-6-10-14-24(3)4/h9-10,13-14,17-20,23-24,37-38,41-42H,5-8,11-12,15-16,21-22H2,1-4H3,(H,35,39)(H,36,40)/b13-9+,14-10+. The van der Waals surface area contributed by atoms with Crippen molar-refractivity contribution in [3.63, 3.8) is 0 Å². The fourth-order valence-corrected chi connectivity index (χ4v) is 4.49. The van der Waals surface area contributed by atoms with Crippen molar-refractivity contribution in [2.75, 3.05) is 0 Å². The van der Waals surface area contributed by atoms with Crippen molar-refractivity contribution in [2.24, 2.45) is 11.8 Å². The van der Waals surface area contributed by atoms with Gasteiger partial charge < -0.3 is 31.1 Å². The number of carbonyl (C=O) groups is 2. The van der Waals surface area contributed by atoms with Crippen LogP contribution in [0.5, 0.6) is 23.0 Å². The van der Waals surface area contributed by atoms with Crippen LogP contribution in [0.25, 0.3) is 11.1 Å². The number of hydrogen-bond acceptors (Lipinski definition) is 6. The first-order chi connectivity index (χ1) is 20.0. The number of amides is 2. The van der Waals surface area contributed by atoms with E-state index in [1.54, 1.807) is 12.1 Å². The number of hydrogen-bond donors (Lipinski definition) is 6. The third-order valence-electron chi connectivity index (χ3n) is 6.78. The van der Waals surface area contributed by atoms with Crippen molar-refractivity contribution in [1.82, 2.24) is 10.6 Å². The van der Waals surface area contributed by atoms with Gasteiger partial charge in [-0.1, -0.05) is 64.1 Å². The van der Waals surface area contributed by atoms with Crippen LogP contribution in [0.4, 0.5) is 0 Å². The van der Waals surface area contributed by atoms with E-state index in [0.29, 0.717) is 35.8 Å². The molecule has 2 rings (SSSR count). The summed E-state index contributed by atoms with van der Waals surface area (Å²) in [5.41, 5.74) is 1.01. The Morgan fingerprint density at radius 1 is 0.643 bits per heavy atom. The molecule has 0 aliphatic heterocycles. The van der Waals surface area contributed by atoms with Gasteiger partial charge in [-0.15, -0.1) is 0 Å². The van der Waals surface area contributed by atoms with Gasteiger partial charge in [0, 0.05) is 37.1 Å². The molecule has 0 saturated heterocycles. The predicted molar refractivity (Wildman–Crippen MR) is 167 cm³/mol. The molecule has 2 aromatic carbocycles. The van der Waals surface area contributed by atoms with Crippen molar-refractivity contribution in [2.45, 2.75) is 92.2 Å². The lowest BCUT2D eigenvalue weighted by molar-refractivity contribution is -0.122. The fraction of sp³-hybridized carbons (Fsp3) is 0.471. The molecule has 8 heteroatoms. The van der Waals surface area contributed by atoms with Gasteiger partial charge in [0.1, 0.15) is 0 Å². The second-order valence-corrected chi connectivity index (χ2v) is 11.3. The summed E-state index contributed by atoms with van der Waals surface area (Å²) >= 11 is 0. The summed E-state index contributed by atoms with van der Waals surface area (Å²) in [6.45, 7) is 8.52. The van der Waals surface area contributed by atoms with Gasteiger partial charge in [0.15, 0.2) is 23.0 Å². The van der Waals surface area contributed by atoms with Crippen molar-refractivity contribution in [1.29, 1.82) is 0 Å². The van der Waals surface area contributed by atoms with Crippen molar-refractivity contribution in [3.05, 3.63) is 59.7 Å². The maximum Gasteiger partial charge on any atom is 0.220 e. The van der Waals surface area contributed by atoms with Crippen LogP contribution in [0.15, 0.2) is 48.6 Å². The molecule has 2 amide bonds. The first kappa shape index (κ1) is 34.3. The minimum Gasteiger partial charge on any atom is -0.504 e. The summed E-state index contributed by atoms with van der Waals surface area (Å²) in [4.78, 5) is 25.0. The molecule has 0 radical (unpaired) electrons. The van der Waals surface area contributed by atoms with Gasteiger partial charge in [-0.05, 0) is 73.6 Å². The van der Waals surface area contributed by atoms with Crippen molar-refractivity contribution in [3.8, 4) is 34.1 Å². The summed E-state index contributed by atoms with van der Waals surface area (Å²) in [6.07, 6.45) is 14.3. The van der Waals surface area contributed by atoms with E-state index in [4.69, 9.17) is 0 Å². The molecule has 2 aromatic rings. The van der Waals surface area contributed by atoms with E-state index in [9.17, 15) is 30.0 Å². The van der Waals surface area contributed by atoms with Gasteiger partial charge >= 0.3 is 0 Å². The van der Waals surface area contributed by atoms with E-state index in [1.807, 2.05) is 0 Å². The predicted octanol–water partition coefficient (Wildman–Crippen LogP) is 6.95. The molecule has 0 aromatic heterocycles. The first-order valence-corrected chi connectivity index (χ1v) is 15.0. The van der Waals surface area contributed by atoms with E-state index in [1.165, 1.54) is 12.1 Å². The SMILES string of the molecule is CC(C)/C=C/CCCCC(=O)NCc1ccc(O)c(O)c1-c1c(CNC(=O)CCCC/C=C/C(C)C)ccc(O)c1O. The lowest BCUT2D eigenvalue weighted by Crippen LogP contribution is -2.23. The highest BCUT2D eigenvalue weighted by Crippen LogP contribution is 2.47. The summed E-state index contributed by atoms with van der Waals surface area (Å²) in [5, 5.41) is 47.9. The minimum absolute atomic E-state index is 0.0292. The average molecular weight is 581 g/mol. The topological polar surface area (TPSA) is 139 Å². The Bertz CT molecular complexity index is 1140. The molecule has 0 saturated carbocycles. The van der Waals surface area contributed by atoms with Crippen LogP contribution >= 0.6 is 0 Å². The third kappa shape index (κ3) is 11.5. The Balaban J connectivity index is 2.12. The molecule has 0 bridgehead atoms. The molecule has 0 aliphatic carbocycles. The highest BCUT2D eigenvalue weighted by Gasteiger charge is 2.23. The van der Waals surface area contributed by atoms with Gasteiger partial charge in [-0.2, -0.15) is 0 Å². The van der Waals surface area contributed by atoms with Crippen LogP contribution in [0.1, 0.15) is 90.2 Å². The molecule has 0 spiro atoms. The number of carbonyl (C=O) groups excluding carboxylic acids is 2. The number of allylic oxidation sites excluding steroid dienone is 4. The Kier molecular flexibility index (Phi) is 14.5. The van der Waals surface area contributed by atoms with Gasteiger partial charge in [0.25, 0.3) is 0 Å². The number of unbranched alkanes of at least 4 members (excludes halogenated alkanes) is 4. The largest absolute Gasteiger partial charge is 0.504 e. The van der Waals surface area contributed by atoms with E-state index in [0.717, 1.165) is 38.5 Å². The highest BCUT2D eigenvalue weighted by molar-refractivity contribution is 5.86. The monoisotopic (exact) mass is 580 g/mol. The summed E-state index contributed by atoms with van der Waals surface area (Å²) in [6, 6.07) is 5.69. The Labute approximate surface area is 250 Å². The Hall–Kier alpha value is -3.94. The van der Waals surface area contributed by atoms with E-state index >= 15 is 0 Å². The Morgan fingerprint density at radius 2 is 1.02 bits per heavy atom. The fourth-order valence-electron chi connectivity index (χ4n) is 4.49. The first-order valence-electron chi connectivity index (χ1n) is 15.0. The van der Waals surface area contributed by atoms with E-state index in [-0.39, 0.29) is 36.0 Å². The smallest absolute Gasteiger partial charge is 0.220 e. The zero-order chi connectivity index (χ0) is 31.1. The quantitative estimate of drug-likeness (QED) is 0.0680. The molecule has 6 N–H and O–H groups in total. The van der Waals surface area contributed by atoms with E-state index in [2.05, 4.69) is 62.6 Å². The van der Waals surface area contributed by atoms with Crippen LogP contribution in [0.2, 0.25) is 0 Å². The van der Waals surface area contributed by atoms with E-state index < -0.39 is 23.0 Å². The minimum atomic E-state index is -0.499. The molecule has 0 unspecified atom stereocenters. The van der Waals surface area contributed by atoms with Gasteiger partial charge in [-0.25, -0.2) is 0 Å². The zero-order valence-electron chi connectivity index (χ0n) is 25.4. The van der Waals surface area contributed by atoms with Crippen LogP contribution < -0.4 is 10.6 Å². The molecule has 230 valence electrons. The summed E-state index contributed by atoms with van der Waals surface area (Å²) in [5.74, 6) is -1.15. The number of benzene rings is 2. The number of nitrogens with one attached hydrogen (secondary N) is 2. The lowest BCUT2D eigenvalue weighted by Gasteiger charge is -2.19. The van der Waals surface area contributed by atoms with Gasteiger partial charge in [0.2, 0.25) is 11.8 Å². The van der Waals surface area contributed by atoms with Gasteiger partial charge in [-0.3, -0.25) is 9.59 Å². The maximum absolute atomic E-state index is 12.5. The van der Waals surface area contributed by atoms with Crippen LogP contribution in [-0.4, -0.2) is 32.2 Å². The van der Waals surface area contributed by atoms with Crippen molar-refractivity contribution >= 4 is 11.8 Å². The van der Waals surface area contributed by atoms with Gasteiger partial charge in [0.05, 0.1) is 0 Å². The molecule has 0 fully saturated rings. The number of phenols is 4. The number of aromatic hydroxyl groups is 4. The molecule has 8 nitrogen and oxygen atoms in total. The second-order valence-electron chi connectivity index (χ2n) is 11.3. The average Bonchev–Trinajstić information content (AvgIpc) is 2.94. The van der Waals surface area contributed by atoms with Crippen LogP contribution in [0, 0.1) is 11.8 Å². The lowest BCUT2D eigenvalue weighted by atomic mass is 9.92. The molecular weight excluding hydrogens is 532 g/mol. The number of phenolic OH excluding ortho intramolecular Hbond substituents is 4. The maximum atomic E-state index is 12.5. The van der Waals surface area contributed by atoms with Crippen molar-refractivity contribution < 1.29 is 30.0 Å². The zero-order valence-corrected chi connectivity index (χ0v) is 25.4. The van der Waals surface area contributed by atoms with Crippen LogP contribution in [0.3, 0.4) is 0 Å². The summed E-state index contributed by atoms with van der Waals surface area (Å²) in [7, 11) is 0. The molecule has 42 heavy (non-hydrogen) atoms. The summed E-state index contributed by atoms with van der Waals surface area (Å²) < 4.78 is 0. The number of rotatable bonds is 17. The molecule has 0 heterocycles. The van der Waals surface area contributed by atoms with Crippen LogP contribution in [-0.2, 0) is 22.7 Å². The third-order valence-corrected chi connectivity index (χ3v) is 6.78. The second kappa shape index (κ2) is 17.8. The normalized spacial score (nSPS) is 11.7.